The summed E-state index contributed by atoms with van der Waals surface area (Å²) in [4.78, 5) is 2.81. The molecule has 17 heavy (non-hydrogen) atoms. The Hall–Kier alpha value is -0.0800. The zero-order chi connectivity index (χ0) is 12.4. The highest BCUT2D eigenvalue weighted by Crippen LogP contribution is 2.36. The molecule has 1 saturated carbocycles. The van der Waals surface area contributed by atoms with E-state index in [9.17, 15) is 0 Å². The van der Waals surface area contributed by atoms with Gasteiger partial charge in [-0.1, -0.05) is 27.2 Å². The molecule has 5 atom stereocenters. The van der Waals surface area contributed by atoms with Gasteiger partial charge >= 0.3 is 0 Å². The molecule has 0 aromatic carbocycles. The smallest absolute Gasteiger partial charge is 0.0196 e. The minimum absolute atomic E-state index is 0.723. The van der Waals surface area contributed by atoms with Crippen LogP contribution in [0.1, 0.15) is 53.4 Å². The van der Waals surface area contributed by atoms with Crippen LogP contribution in [-0.4, -0.2) is 36.1 Å². The lowest BCUT2D eigenvalue weighted by Crippen LogP contribution is -2.59. The monoisotopic (exact) mass is 238 g/mol. The van der Waals surface area contributed by atoms with E-state index in [0.717, 1.165) is 30.0 Å². The molecule has 2 heteroatoms. The second kappa shape index (κ2) is 5.71. The summed E-state index contributed by atoms with van der Waals surface area (Å²) in [7, 11) is 0. The van der Waals surface area contributed by atoms with Gasteiger partial charge in [0, 0.05) is 31.2 Å². The van der Waals surface area contributed by atoms with Gasteiger partial charge in [0.15, 0.2) is 0 Å². The molecule has 2 rings (SSSR count). The predicted octanol–water partition coefficient (Wildman–Crippen LogP) is 2.88. The molecule has 1 N–H and O–H groups in total. The maximum absolute atomic E-state index is 3.71. The van der Waals surface area contributed by atoms with Crippen molar-refractivity contribution in [1.82, 2.24) is 10.2 Å². The van der Waals surface area contributed by atoms with E-state index in [-0.39, 0.29) is 0 Å². The average Bonchev–Trinajstić information content (AvgIpc) is 2.63. The fraction of sp³-hybridized carbons (Fsp3) is 1.00. The van der Waals surface area contributed by atoms with Crippen LogP contribution in [0.25, 0.3) is 0 Å². The number of nitrogens with zero attached hydrogens (tertiary/aromatic N) is 1. The minimum Gasteiger partial charge on any atom is -0.311 e. The lowest BCUT2D eigenvalue weighted by atomic mass is 9.94. The molecule has 0 aromatic rings. The van der Waals surface area contributed by atoms with E-state index < -0.39 is 0 Å². The van der Waals surface area contributed by atoms with E-state index in [0.29, 0.717) is 0 Å². The first kappa shape index (κ1) is 13.4. The van der Waals surface area contributed by atoms with Crippen LogP contribution >= 0.6 is 0 Å². The Bertz CT molecular complexity index is 241. The number of hydrogen-bond acceptors (Lipinski definition) is 2. The van der Waals surface area contributed by atoms with Crippen molar-refractivity contribution in [3.63, 3.8) is 0 Å². The normalized spacial score (nSPS) is 44.1. The number of piperazine rings is 1. The van der Waals surface area contributed by atoms with Gasteiger partial charge in [-0.3, -0.25) is 4.90 Å². The standard InChI is InChI=1S/C15H30N2/c1-5-6-14-10-17(12(3)9-16-14)15-8-7-11(2)13(15)4/h11-16H,5-10H2,1-4H3. The van der Waals surface area contributed by atoms with Crippen molar-refractivity contribution in [2.24, 2.45) is 11.8 Å². The molecule has 1 heterocycles. The van der Waals surface area contributed by atoms with E-state index in [2.05, 4.69) is 37.9 Å². The zero-order valence-electron chi connectivity index (χ0n) is 12.1. The van der Waals surface area contributed by atoms with Crippen molar-refractivity contribution >= 4 is 0 Å². The third kappa shape index (κ3) is 2.85. The summed E-state index contributed by atoms with van der Waals surface area (Å²) in [5.41, 5.74) is 0. The van der Waals surface area contributed by atoms with Crippen molar-refractivity contribution in [3.8, 4) is 0 Å². The molecule has 100 valence electrons. The Balaban J connectivity index is 1.97. The minimum atomic E-state index is 0.723. The fourth-order valence-corrected chi connectivity index (χ4v) is 3.76. The molecular weight excluding hydrogens is 208 g/mol. The zero-order valence-corrected chi connectivity index (χ0v) is 12.1. The summed E-state index contributed by atoms with van der Waals surface area (Å²) in [6, 6.07) is 2.31. The second-order valence-electron chi connectivity index (χ2n) is 6.42. The summed E-state index contributed by atoms with van der Waals surface area (Å²) < 4.78 is 0. The molecule has 0 radical (unpaired) electrons. The van der Waals surface area contributed by atoms with Crippen molar-refractivity contribution in [2.75, 3.05) is 13.1 Å². The van der Waals surface area contributed by atoms with Crippen LogP contribution < -0.4 is 5.32 Å². The summed E-state index contributed by atoms with van der Waals surface area (Å²) in [5, 5.41) is 3.71. The third-order valence-corrected chi connectivity index (χ3v) is 5.18. The molecular formula is C15H30N2. The maximum atomic E-state index is 3.71. The molecule has 2 nitrogen and oxygen atoms in total. The average molecular weight is 238 g/mol. The maximum Gasteiger partial charge on any atom is 0.0196 e. The van der Waals surface area contributed by atoms with Crippen LogP contribution in [0.3, 0.4) is 0 Å². The summed E-state index contributed by atoms with van der Waals surface area (Å²) in [6.45, 7) is 12.0. The second-order valence-corrected chi connectivity index (χ2v) is 6.42. The quantitative estimate of drug-likeness (QED) is 0.813. The first-order valence-electron chi connectivity index (χ1n) is 7.62. The van der Waals surface area contributed by atoms with Gasteiger partial charge < -0.3 is 5.32 Å². The van der Waals surface area contributed by atoms with Crippen LogP contribution in [0.15, 0.2) is 0 Å². The van der Waals surface area contributed by atoms with Gasteiger partial charge in [0.25, 0.3) is 0 Å². The topological polar surface area (TPSA) is 15.3 Å². The Labute approximate surface area is 107 Å². The van der Waals surface area contributed by atoms with Gasteiger partial charge in [0.2, 0.25) is 0 Å². The molecule has 0 spiro atoms. The van der Waals surface area contributed by atoms with E-state index in [1.54, 1.807) is 0 Å². The molecule has 1 aliphatic heterocycles. The predicted molar refractivity (Wildman–Crippen MR) is 74.2 cm³/mol. The molecule has 0 aromatic heterocycles. The van der Waals surface area contributed by atoms with Gasteiger partial charge in [-0.25, -0.2) is 0 Å². The van der Waals surface area contributed by atoms with Gasteiger partial charge in [-0.15, -0.1) is 0 Å². The molecule has 5 unspecified atom stereocenters. The SMILES string of the molecule is CCCC1CN(C2CCC(C)C2C)C(C)CN1. The highest BCUT2D eigenvalue weighted by molar-refractivity contribution is 4.93. The highest BCUT2D eigenvalue weighted by atomic mass is 15.3. The van der Waals surface area contributed by atoms with Crippen LogP contribution in [0, 0.1) is 11.8 Å². The Morgan fingerprint density at radius 2 is 1.94 bits per heavy atom. The molecule has 1 aliphatic carbocycles. The molecule has 0 amide bonds. The van der Waals surface area contributed by atoms with Gasteiger partial charge in [-0.2, -0.15) is 0 Å². The first-order chi connectivity index (χ1) is 8.13. The molecule has 1 saturated heterocycles. The van der Waals surface area contributed by atoms with Gasteiger partial charge in [0.05, 0.1) is 0 Å². The van der Waals surface area contributed by atoms with Crippen LogP contribution in [-0.2, 0) is 0 Å². The van der Waals surface area contributed by atoms with Gasteiger partial charge in [0.1, 0.15) is 0 Å². The van der Waals surface area contributed by atoms with E-state index in [1.165, 1.54) is 38.8 Å². The lowest BCUT2D eigenvalue weighted by Gasteiger charge is -2.44. The third-order valence-electron chi connectivity index (χ3n) is 5.18. The molecule has 2 aliphatic rings. The van der Waals surface area contributed by atoms with Crippen LogP contribution in [0.2, 0.25) is 0 Å². The Kier molecular flexibility index (Phi) is 4.48. The van der Waals surface area contributed by atoms with Crippen molar-refractivity contribution in [2.45, 2.75) is 71.5 Å². The van der Waals surface area contributed by atoms with E-state index in [1.807, 2.05) is 0 Å². The largest absolute Gasteiger partial charge is 0.311 e. The Morgan fingerprint density at radius 1 is 1.18 bits per heavy atom. The van der Waals surface area contributed by atoms with E-state index >= 15 is 0 Å². The first-order valence-corrected chi connectivity index (χ1v) is 7.62. The van der Waals surface area contributed by atoms with Crippen molar-refractivity contribution < 1.29 is 0 Å². The lowest BCUT2D eigenvalue weighted by molar-refractivity contribution is 0.0674. The summed E-state index contributed by atoms with van der Waals surface area (Å²) in [6.07, 6.45) is 5.49. The highest BCUT2D eigenvalue weighted by Gasteiger charge is 2.38. The summed E-state index contributed by atoms with van der Waals surface area (Å²) in [5.74, 6) is 1.81. The number of hydrogen-bond donors (Lipinski definition) is 1. The number of nitrogens with one attached hydrogen (secondary N) is 1. The fourth-order valence-electron chi connectivity index (χ4n) is 3.76. The van der Waals surface area contributed by atoms with Crippen LogP contribution in [0.4, 0.5) is 0 Å². The van der Waals surface area contributed by atoms with Crippen molar-refractivity contribution in [1.29, 1.82) is 0 Å². The van der Waals surface area contributed by atoms with Gasteiger partial charge in [-0.05, 0) is 38.0 Å². The van der Waals surface area contributed by atoms with Crippen molar-refractivity contribution in [3.05, 3.63) is 0 Å². The number of rotatable bonds is 3. The van der Waals surface area contributed by atoms with Crippen LogP contribution in [0.5, 0.6) is 0 Å². The Morgan fingerprint density at radius 3 is 2.53 bits per heavy atom. The molecule has 0 bridgehead atoms. The summed E-state index contributed by atoms with van der Waals surface area (Å²) >= 11 is 0. The molecule has 2 fully saturated rings. The van der Waals surface area contributed by atoms with E-state index in [4.69, 9.17) is 0 Å².